The maximum Gasteiger partial charge on any atom is 0.422 e. The van der Waals surface area contributed by atoms with E-state index in [1.165, 1.54) is 12.1 Å². The van der Waals surface area contributed by atoms with Gasteiger partial charge in [0, 0.05) is 0 Å². The van der Waals surface area contributed by atoms with Crippen LogP contribution in [-0.2, 0) is 21.2 Å². The van der Waals surface area contributed by atoms with Gasteiger partial charge >= 0.3 is 6.18 Å². The Morgan fingerprint density at radius 2 is 1.89 bits per heavy atom. The van der Waals surface area contributed by atoms with E-state index >= 15 is 0 Å². The summed E-state index contributed by atoms with van der Waals surface area (Å²) >= 11 is 0. The quantitative estimate of drug-likeness (QED) is 0.686. The van der Waals surface area contributed by atoms with E-state index in [0.717, 1.165) is 23.7 Å². The van der Waals surface area contributed by atoms with Crippen molar-refractivity contribution < 1.29 is 31.1 Å². The number of alkyl halides is 3. The van der Waals surface area contributed by atoms with Crippen LogP contribution in [-0.4, -0.2) is 43.7 Å². The van der Waals surface area contributed by atoms with Gasteiger partial charge in [0.15, 0.2) is 6.61 Å². The minimum Gasteiger partial charge on any atom is -0.484 e. The predicted molar refractivity (Wildman–Crippen MR) is 90.0 cm³/mol. The van der Waals surface area contributed by atoms with Crippen LogP contribution in [0.5, 0.6) is 5.75 Å². The number of fused-ring (bicyclic) bond motifs is 1. The molecule has 9 nitrogen and oxygen atoms in total. The number of hydrogen-bond donors (Lipinski definition) is 2. The number of aromatic nitrogens is 2. The molecule has 1 aliphatic heterocycles. The largest absolute Gasteiger partial charge is 0.484 e. The molecule has 3 rings (SSSR count). The minimum absolute atomic E-state index is 0.0162. The van der Waals surface area contributed by atoms with Crippen molar-refractivity contribution in [1.29, 1.82) is 0 Å². The second-order valence-corrected chi connectivity index (χ2v) is 7.47. The molecule has 0 spiro atoms. The van der Waals surface area contributed by atoms with Crippen LogP contribution in [0.15, 0.2) is 34.2 Å². The Hall–Kier alpha value is -2.93. The zero-order chi connectivity index (χ0) is 20.7. The van der Waals surface area contributed by atoms with E-state index in [1.54, 1.807) is 0 Å². The molecule has 1 aliphatic rings. The summed E-state index contributed by atoms with van der Waals surface area (Å²) in [6.07, 6.45) is -4.79. The third-order valence-corrected chi connectivity index (χ3v) is 5.04. The molecular weight excluding hydrogens is 405 g/mol. The first-order valence-electron chi connectivity index (χ1n) is 7.71. The number of carbonyl (C=O) groups excluding carboxylic acids is 1. The standard InChI is InChI=1S/C15H13F3N4O5S/c1-19-28(25,26)14-21-12-10(6-11(23)20-12)13(24)22(14)8-2-4-9(5-3-8)27-7-15(16,17)18/h2-5,19H,6-7H2,1H3,(H,20,23). The Morgan fingerprint density at radius 3 is 2.46 bits per heavy atom. The van der Waals surface area contributed by atoms with Gasteiger partial charge in [0.2, 0.25) is 5.91 Å². The van der Waals surface area contributed by atoms with E-state index in [-0.39, 0.29) is 29.2 Å². The predicted octanol–water partition coefficient (Wildman–Crippen LogP) is 0.576. The maximum absolute atomic E-state index is 12.8. The second-order valence-electron chi connectivity index (χ2n) is 5.69. The molecule has 13 heteroatoms. The number of amides is 1. The molecule has 0 saturated carbocycles. The minimum atomic E-state index is -4.52. The van der Waals surface area contributed by atoms with Gasteiger partial charge in [-0.25, -0.2) is 22.7 Å². The molecule has 1 aromatic carbocycles. The van der Waals surface area contributed by atoms with Crippen molar-refractivity contribution >= 4 is 21.7 Å². The fourth-order valence-electron chi connectivity index (χ4n) is 2.49. The van der Waals surface area contributed by atoms with Crippen molar-refractivity contribution in [3.05, 3.63) is 40.2 Å². The highest BCUT2D eigenvalue weighted by Gasteiger charge is 2.31. The van der Waals surface area contributed by atoms with Crippen molar-refractivity contribution in [1.82, 2.24) is 14.3 Å². The number of sulfonamides is 1. The molecule has 1 aromatic heterocycles. The van der Waals surface area contributed by atoms with Crippen LogP contribution in [0.25, 0.3) is 5.69 Å². The van der Waals surface area contributed by atoms with Gasteiger partial charge in [-0.15, -0.1) is 0 Å². The first-order valence-corrected chi connectivity index (χ1v) is 9.19. The number of carbonyl (C=O) groups is 1. The van der Waals surface area contributed by atoms with Gasteiger partial charge in [-0.1, -0.05) is 0 Å². The van der Waals surface area contributed by atoms with E-state index in [4.69, 9.17) is 0 Å². The smallest absolute Gasteiger partial charge is 0.422 e. The van der Waals surface area contributed by atoms with Crippen molar-refractivity contribution in [2.24, 2.45) is 0 Å². The molecule has 0 saturated heterocycles. The molecule has 2 N–H and O–H groups in total. The molecule has 2 aromatic rings. The summed E-state index contributed by atoms with van der Waals surface area (Å²) in [4.78, 5) is 28.2. The third-order valence-electron chi connectivity index (χ3n) is 3.75. The summed E-state index contributed by atoms with van der Waals surface area (Å²) in [5.74, 6) is -0.788. The lowest BCUT2D eigenvalue weighted by molar-refractivity contribution is -0.153. The molecule has 1 amide bonds. The van der Waals surface area contributed by atoms with Crippen LogP contribution in [0.1, 0.15) is 5.56 Å². The number of hydrogen-bond acceptors (Lipinski definition) is 6. The summed E-state index contributed by atoms with van der Waals surface area (Å²) in [6, 6.07) is 4.72. The molecular formula is C15H13F3N4O5S. The third kappa shape index (κ3) is 3.84. The Balaban J connectivity index is 2.10. The Kier molecular flexibility index (Phi) is 4.89. The van der Waals surface area contributed by atoms with Gasteiger partial charge in [0.25, 0.3) is 20.7 Å². The van der Waals surface area contributed by atoms with Crippen molar-refractivity contribution in [3.8, 4) is 11.4 Å². The average Bonchev–Trinajstić information content (AvgIpc) is 3.01. The van der Waals surface area contributed by atoms with Gasteiger partial charge in [0.05, 0.1) is 17.7 Å². The van der Waals surface area contributed by atoms with Crippen molar-refractivity contribution in [2.45, 2.75) is 17.8 Å². The Labute approximate surface area is 156 Å². The van der Waals surface area contributed by atoms with Crippen LogP contribution in [0.4, 0.5) is 19.0 Å². The normalized spacial score (nSPS) is 13.9. The van der Waals surface area contributed by atoms with Crippen molar-refractivity contribution in [2.75, 3.05) is 19.0 Å². The molecule has 0 radical (unpaired) electrons. The number of rotatable bonds is 5. The fraction of sp³-hybridized carbons (Fsp3) is 0.267. The summed E-state index contributed by atoms with van der Waals surface area (Å²) in [5.41, 5.74) is -0.786. The molecule has 2 heterocycles. The summed E-state index contributed by atoms with van der Waals surface area (Å²) in [5, 5.41) is 1.64. The summed E-state index contributed by atoms with van der Waals surface area (Å²) in [7, 11) is -3.09. The molecule has 0 aliphatic carbocycles. The molecule has 0 unspecified atom stereocenters. The van der Waals surface area contributed by atoms with E-state index < -0.39 is 39.4 Å². The monoisotopic (exact) mass is 418 g/mol. The van der Waals surface area contributed by atoms with Crippen LogP contribution in [0.2, 0.25) is 0 Å². The zero-order valence-electron chi connectivity index (χ0n) is 14.2. The van der Waals surface area contributed by atoms with Crippen LogP contribution < -0.4 is 20.3 Å². The van der Waals surface area contributed by atoms with Crippen LogP contribution in [0, 0.1) is 0 Å². The number of benzene rings is 1. The highest BCUT2D eigenvalue weighted by molar-refractivity contribution is 7.89. The number of halogens is 3. The fourth-order valence-corrected chi connectivity index (χ4v) is 3.31. The van der Waals surface area contributed by atoms with Crippen LogP contribution >= 0.6 is 0 Å². The van der Waals surface area contributed by atoms with Gasteiger partial charge < -0.3 is 10.1 Å². The zero-order valence-corrected chi connectivity index (χ0v) is 15.0. The summed E-state index contributed by atoms with van der Waals surface area (Å²) < 4.78 is 68.7. The van der Waals surface area contributed by atoms with Gasteiger partial charge in [-0.05, 0) is 31.3 Å². The first-order chi connectivity index (χ1) is 13.0. The Morgan fingerprint density at radius 1 is 1.25 bits per heavy atom. The van der Waals surface area contributed by atoms with Gasteiger partial charge in [-0.3, -0.25) is 9.59 Å². The number of nitrogens with one attached hydrogen (secondary N) is 2. The number of ether oxygens (including phenoxy) is 1. The van der Waals surface area contributed by atoms with Gasteiger partial charge in [-0.2, -0.15) is 13.2 Å². The first kappa shape index (κ1) is 19.8. The molecule has 0 bridgehead atoms. The number of nitrogens with zero attached hydrogens (tertiary/aromatic N) is 2. The molecule has 28 heavy (non-hydrogen) atoms. The summed E-state index contributed by atoms with van der Waals surface area (Å²) in [6.45, 7) is -1.50. The Bertz CT molecular complexity index is 1090. The highest BCUT2D eigenvalue weighted by atomic mass is 32.2. The molecule has 150 valence electrons. The lowest BCUT2D eigenvalue weighted by Crippen LogP contribution is -2.32. The molecule has 0 fully saturated rings. The van der Waals surface area contributed by atoms with Crippen molar-refractivity contribution in [3.63, 3.8) is 0 Å². The second kappa shape index (κ2) is 6.91. The topological polar surface area (TPSA) is 119 Å². The molecule has 0 atom stereocenters. The van der Waals surface area contributed by atoms with Gasteiger partial charge in [0.1, 0.15) is 11.6 Å². The van der Waals surface area contributed by atoms with E-state index in [0.29, 0.717) is 0 Å². The van der Waals surface area contributed by atoms with E-state index in [1.807, 2.05) is 4.72 Å². The van der Waals surface area contributed by atoms with E-state index in [9.17, 15) is 31.2 Å². The maximum atomic E-state index is 12.8. The van der Waals surface area contributed by atoms with Crippen LogP contribution in [0.3, 0.4) is 0 Å². The highest BCUT2D eigenvalue weighted by Crippen LogP contribution is 2.23. The lowest BCUT2D eigenvalue weighted by atomic mass is 10.2. The SMILES string of the molecule is CNS(=O)(=O)c1nc2c(c(=O)n1-c1ccc(OCC(F)(F)F)cc1)CC(=O)N2. The number of anilines is 1. The lowest BCUT2D eigenvalue weighted by Gasteiger charge is -2.14. The van der Waals surface area contributed by atoms with E-state index in [2.05, 4.69) is 15.0 Å². The average molecular weight is 418 g/mol.